The molecule has 1 aliphatic rings. The minimum absolute atomic E-state index is 0.157. The number of rotatable bonds is 2. The zero-order chi connectivity index (χ0) is 16.7. The lowest BCUT2D eigenvalue weighted by Gasteiger charge is -2.36. The molecule has 0 unspecified atom stereocenters. The monoisotopic (exact) mass is 322 g/mol. The van der Waals surface area contributed by atoms with Crippen LogP contribution in [0.5, 0.6) is 0 Å². The Balaban J connectivity index is 1.85. The van der Waals surface area contributed by atoms with E-state index in [2.05, 4.69) is 5.32 Å². The first-order valence-electron chi connectivity index (χ1n) is 7.64. The zero-order valence-corrected chi connectivity index (χ0v) is 13.0. The second-order valence-corrected chi connectivity index (χ2v) is 5.69. The van der Waals surface area contributed by atoms with Crippen LogP contribution in [0.1, 0.15) is 28.0 Å². The highest BCUT2D eigenvalue weighted by Crippen LogP contribution is 2.37. The minimum atomic E-state index is -0.494. The van der Waals surface area contributed by atoms with E-state index in [0.29, 0.717) is 17.0 Å². The predicted octanol–water partition coefficient (Wildman–Crippen LogP) is 4.50. The van der Waals surface area contributed by atoms with Crippen molar-refractivity contribution in [2.75, 3.05) is 10.2 Å². The van der Waals surface area contributed by atoms with Crippen LogP contribution in [0.3, 0.4) is 0 Å². The predicted molar refractivity (Wildman–Crippen MR) is 89.5 cm³/mol. The van der Waals surface area contributed by atoms with Gasteiger partial charge in [0, 0.05) is 11.4 Å². The molecule has 120 valence electrons. The molecule has 0 bridgehead atoms. The van der Waals surface area contributed by atoms with Crippen molar-refractivity contribution in [3.8, 4) is 0 Å². The number of benzene rings is 2. The van der Waals surface area contributed by atoms with Gasteiger partial charge in [-0.05, 0) is 55.5 Å². The van der Waals surface area contributed by atoms with Gasteiger partial charge in [0.05, 0.1) is 5.56 Å². The molecule has 0 saturated heterocycles. The molecule has 0 radical (unpaired) electrons. The molecule has 0 fully saturated rings. The summed E-state index contributed by atoms with van der Waals surface area (Å²) in [6.07, 6.45) is -0.494. The second-order valence-electron chi connectivity index (χ2n) is 5.69. The number of hydrogen-bond donors (Lipinski definition) is 1. The Morgan fingerprint density at radius 2 is 1.79 bits per heavy atom. The summed E-state index contributed by atoms with van der Waals surface area (Å²) in [7, 11) is 0. The van der Waals surface area contributed by atoms with Crippen LogP contribution >= 0.6 is 0 Å². The van der Waals surface area contributed by atoms with E-state index >= 15 is 0 Å². The Hall–Kier alpha value is -3.08. The summed E-state index contributed by atoms with van der Waals surface area (Å²) in [5.74, 6) is 0.883. The highest BCUT2D eigenvalue weighted by Gasteiger charge is 2.35. The summed E-state index contributed by atoms with van der Waals surface area (Å²) in [6, 6.07) is 16.9. The third-order valence-corrected chi connectivity index (χ3v) is 4.06. The maximum absolute atomic E-state index is 13.3. The molecule has 0 saturated carbocycles. The third kappa shape index (κ3) is 2.34. The standard InChI is InChI=1S/C19H15FN2O2/c1-12-6-11-17(24-12)18-21-16-5-3-2-4-15(16)19(23)22(18)14-9-7-13(20)8-10-14/h2-11,18,21H,1H3/t18-/m1/s1. The van der Waals surface area contributed by atoms with Crippen molar-refractivity contribution in [1.82, 2.24) is 0 Å². The molecule has 2 heterocycles. The van der Waals surface area contributed by atoms with Gasteiger partial charge in [0.25, 0.3) is 5.91 Å². The number of aryl methyl sites for hydroxylation is 1. The van der Waals surface area contributed by atoms with Crippen molar-refractivity contribution in [3.05, 3.63) is 83.6 Å². The molecule has 1 N–H and O–H groups in total. The summed E-state index contributed by atoms with van der Waals surface area (Å²) in [6.45, 7) is 1.85. The number of anilines is 2. The summed E-state index contributed by atoms with van der Waals surface area (Å²) in [5.41, 5.74) is 1.92. The average molecular weight is 322 g/mol. The molecule has 5 heteroatoms. The number of hydrogen-bond acceptors (Lipinski definition) is 3. The quantitative estimate of drug-likeness (QED) is 0.755. The molecular weight excluding hydrogens is 307 g/mol. The highest BCUT2D eigenvalue weighted by molar-refractivity contribution is 6.12. The Morgan fingerprint density at radius 1 is 1.04 bits per heavy atom. The first-order valence-corrected chi connectivity index (χ1v) is 7.64. The number of fused-ring (bicyclic) bond motifs is 1. The van der Waals surface area contributed by atoms with E-state index in [0.717, 1.165) is 11.4 Å². The lowest BCUT2D eigenvalue weighted by atomic mass is 10.1. The van der Waals surface area contributed by atoms with E-state index in [1.54, 1.807) is 23.1 Å². The summed E-state index contributed by atoms with van der Waals surface area (Å²) in [4.78, 5) is 14.6. The van der Waals surface area contributed by atoms with Gasteiger partial charge in [0.1, 0.15) is 17.3 Å². The molecular formula is C19H15FN2O2. The van der Waals surface area contributed by atoms with Crippen molar-refractivity contribution in [2.24, 2.45) is 0 Å². The Kier molecular flexibility index (Phi) is 3.34. The van der Waals surface area contributed by atoms with Gasteiger partial charge >= 0.3 is 0 Å². The number of carbonyl (C=O) groups excluding carboxylic acids is 1. The van der Waals surface area contributed by atoms with Crippen molar-refractivity contribution in [2.45, 2.75) is 13.1 Å². The summed E-state index contributed by atoms with van der Waals surface area (Å²) in [5, 5.41) is 3.34. The van der Waals surface area contributed by atoms with Crippen LogP contribution in [0.15, 0.2) is 65.1 Å². The molecule has 1 aliphatic heterocycles. The Morgan fingerprint density at radius 3 is 2.50 bits per heavy atom. The molecule has 24 heavy (non-hydrogen) atoms. The van der Waals surface area contributed by atoms with Gasteiger partial charge in [0.2, 0.25) is 0 Å². The number of carbonyl (C=O) groups is 1. The van der Waals surface area contributed by atoms with Crippen LogP contribution in [0.4, 0.5) is 15.8 Å². The second kappa shape index (κ2) is 5.53. The lowest BCUT2D eigenvalue weighted by molar-refractivity contribution is 0.0971. The van der Waals surface area contributed by atoms with Gasteiger partial charge in [0.15, 0.2) is 6.17 Å². The van der Waals surface area contributed by atoms with Crippen LogP contribution in [-0.4, -0.2) is 5.91 Å². The maximum Gasteiger partial charge on any atom is 0.262 e. The normalized spacial score (nSPS) is 16.7. The van der Waals surface area contributed by atoms with Crippen molar-refractivity contribution in [3.63, 3.8) is 0 Å². The zero-order valence-electron chi connectivity index (χ0n) is 13.0. The van der Waals surface area contributed by atoms with Crippen LogP contribution < -0.4 is 10.2 Å². The largest absolute Gasteiger partial charge is 0.462 e. The van der Waals surface area contributed by atoms with E-state index in [1.165, 1.54) is 12.1 Å². The number of amides is 1. The molecule has 4 rings (SSSR count). The van der Waals surface area contributed by atoms with Gasteiger partial charge in [-0.1, -0.05) is 12.1 Å². The van der Waals surface area contributed by atoms with Gasteiger partial charge in [-0.3, -0.25) is 9.69 Å². The van der Waals surface area contributed by atoms with E-state index in [-0.39, 0.29) is 11.7 Å². The summed E-state index contributed by atoms with van der Waals surface area (Å²) >= 11 is 0. The van der Waals surface area contributed by atoms with E-state index in [9.17, 15) is 9.18 Å². The average Bonchev–Trinajstić information content (AvgIpc) is 3.02. The van der Waals surface area contributed by atoms with E-state index in [4.69, 9.17) is 4.42 Å². The van der Waals surface area contributed by atoms with Crippen molar-refractivity contribution in [1.29, 1.82) is 0 Å². The topological polar surface area (TPSA) is 45.5 Å². The van der Waals surface area contributed by atoms with Crippen LogP contribution in [-0.2, 0) is 0 Å². The fourth-order valence-electron chi connectivity index (χ4n) is 2.92. The molecule has 0 spiro atoms. The molecule has 0 aliphatic carbocycles. The number of nitrogens with zero attached hydrogens (tertiary/aromatic N) is 1. The number of halogens is 1. The first kappa shape index (κ1) is 14.5. The van der Waals surface area contributed by atoms with Crippen molar-refractivity contribution >= 4 is 17.3 Å². The maximum atomic E-state index is 13.3. The van der Waals surface area contributed by atoms with Gasteiger partial charge in [-0.2, -0.15) is 0 Å². The third-order valence-electron chi connectivity index (χ3n) is 4.06. The number of furan rings is 1. The first-order chi connectivity index (χ1) is 11.6. The molecule has 1 aromatic heterocycles. The molecule has 2 aromatic carbocycles. The smallest absolute Gasteiger partial charge is 0.262 e. The SMILES string of the molecule is Cc1ccc([C@@H]2Nc3ccccc3C(=O)N2c2ccc(F)cc2)o1. The van der Waals surface area contributed by atoms with E-state index in [1.807, 2.05) is 37.3 Å². The molecule has 1 atom stereocenters. The molecule has 4 nitrogen and oxygen atoms in total. The number of nitrogens with one attached hydrogen (secondary N) is 1. The van der Waals surface area contributed by atoms with Crippen LogP contribution in [0.2, 0.25) is 0 Å². The van der Waals surface area contributed by atoms with Crippen molar-refractivity contribution < 1.29 is 13.6 Å². The van der Waals surface area contributed by atoms with Gasteiger partial charge in [-0.15, -0.1) is 0 Å². The Bertz CT molecular complexity index is 902. The molecule has 1 amide bonds. The van der Waals surface area contributed by atoms with Crippen LogP contribution in [0.25, 0.3) is 0 Å². The number of para-hydroxylation sites is 1. The highest BCUT2D eigenvalue weighted by atomic mass is 19.1. The fourth-order valence-corrected chi connectivity index (χ4v) is 2.92. The van der Waals surface area contributed by atoms with E-state index < -0.39 is 6.17 Å². The van der Waals surface area contributed by atoms with Gasteiger partial charge in [-0.25, -0.2) is 4.39 Å². The summed E-state index contributed by atoms with van der Waals surface area (Å²) < 4.78 is 19.0. The molecule has 3 aromatic rings. The minimum Gasteiger partial charge on any atom is -0.462 e. The lowest BCUT2D eigenvalue weighted by Crippen LogP contribution is -2.43. The van der Waals surface area contributed by atoms with Crippen LogP contribution in [0, 0.1) is 12.7 Å². The Labute approximate surface area is 138 Å². The van der Waals surface area contributed by atoms with Gasteiger partial charge < -0.3 is 9.73 Å². The fraction of sp³-hybridized carbons (Fsp3) is 0.105.